The Kier molecular flexibility index (Phi) is 6.47. The number of carboxylic acids is 1. The van der Waals surface area contributed by atoms with Gasteiger partial charge in [-0.1, -0.05) is 45.4 Å². The van der Waals surface area contributed by atoms with Gasteiger partial charge in [0.05, 0.1) is 6.61 Å². The zero-order chi connectivity index (χ0) is 24.2. The Labute approximate surface area is 202 Å². The Balaban J connectivity index is 1.75. The summed E-state index contributed by atoms with van der Waals surface area (Å²) in [6.45, 7) is 16.3. The molecule has 0 saturated heterocycles. The van der Waals surface area contributed by atoms with E-state index in [1.54, 1.807) is 0 Å². The quantitative estimate of drug-likeness (QED) is 0.355. The zero-order valence-electron chi connectivity index (χ0n) is 21.9. The van der Waals surface area contributed by atoms with Crippen molar-refractivity contribution in [2.75, 3.05) is 6.61 Å². The molecule has 1 unspecified atom stereocenters. The van der Waals surface area contributed by atoms with E-state index in [0.29, 0.717) is 22.7 Å². The van der Waals surface area contributed by atoms with Crippen LogP contribution < -0.4 is 0 Å². The van der Waals surface area contributed by atoms with Crippen LogP contribution in [0.1, 0.15) is 105 Å². The molecule has 0 radical (unpaired) electrons. The number of aliphatic carboxylic acids is 1. The van der Waals surface area contributed by atoms with Crippen LogP contribution in [0, 0.1) is 45.3 Å². The van der Waals surface area contributed by atoms with Crippen molar-refractivity contribution in [2.45, 2.75) is 105 Å². The van der Waals surface area contributed by atoms with E-state index >= 15 is 0 Å². The Morgan fingerprint density at radius 3 is 2.52 bits per heavy atom. The van der Waals surface area contributed by atoms with Crippen molar-refractivity contribution in [3.8, 4) is 0 Å². The van der Waals surface area contributed by atoms with Crippen molar-refractivity contribution >= 4 is 5.97 Å². The van der Waals surface area contributed by atoms with E-state index in [-0.39, 0.29) is 29.8 Å². The molecule has 4 aliphatic carbocycles. The first-order chi connectivity index (χ1) is 15.5. The van der Waals surface area contributed by atoms with E-state index in [4.69, 9.17) is 0 Å². The molecule has 0 bridgehead atoms. The van der Waals surface area contributed by atoms with Crippen LogP contribution in [0.3, 0.4) is 0 Å². The first-order valence-electron chi connectivity index (χ1n) is 13.6. The van der Waals surface area contributed by atoms with Crippen LogP contribution in [0.15, 0.2) is 23.8 Å². The Morgan fingerprint density at radius 2 is 1.88 bits per heavy atom. The average molecular weight is 457 g/mol. The van der Waals surface area contributed by atoms with Gasteiger partial charge in [0, 0.05) is 6.42 Å². The lowest BCUT2D eigenvalue weighted by Gasteiger charge is -2.62. The number of aliphatic hydroxyl groups excluding tert-OH is 1. The van der Waals surface area contributed by atoms with E-state index in [2.05, 4.69) is 47.3 Å². The maximum absolute atomic E-state index is 11.9. The molecule has 2 N–H and O–H groups in total. The number of carbonyl (C=O) groups is 1. The van der Waals surface area contributed by atoms with Gasteiger partial charge in [-0.05, 0) is 123 Å². The summed E-state index contributed by atoms with van der Waals surface area (Å²) in [7, 11) is 0. The number of aliphatic hydroxyl groups is 1. The number of rotatable bonds is 9. The molecule has 1 spiro atoms. The zero-order valence-corrected chi connectivity index (χ0v) is 21.9. The second kappa shape index (κ2) is 8.54. The third-order valence-corrected chi connectivity index (χ3v) is 11.7. The molecule has 0 aliphatic heterocycles. The lowest BCUT2D eigenvalue weighted by atomic mass is 9.42. The number of hydrogen-bond donors (Lipinski definition) is 2. The van der Waals surface area contributed by atoms with Crippen molar-refractivity contribution in [3.63, 3.8) is 0 Å². The van der Waals surface area contributed by atoms with E-state index in [1.807, 2.05) is 0 Å². The van der Waals surface area contributed by atoms with Gasteiger partial charge in [-0.2, -0.15) is 0 Å². The molecule has 0 aromatic heterocycles. The molecule has 4 aliphatic rings. The molecular formula is C30H48O3. The Hall–Kier alpha value is -1.09. The molecule has 186 valence electrons. The monoisotopic (exact) mass is 456 g/mol. The van der Waals surface area contributed by atoms with Gasteiger partial charge in [0.25, 0.3) is 0 Å². The maximum Gasteiger partial charge on any atom is 0.303 e. The number of allylic oxidation sites excluding steroid dienone is 2. The fourth-order valence-corrected chi connectivity index (χ4v) is 10.6. The molecule has 0 aromatic carbocycles. The molecule has 3 nitrogen and oxygen atoms in total. The standard InChI is InChI=1S/C30H48O3/c1-20(2)9-7-10-21(3)26-28(6)14-8-11-24-29(16-13-25(32)33)23(22(4)19-31)12-15-27(29,5)17-18-30(24,26)28/h9,21,23-24,26,31H,4,7-8,10-19H2,1-3,5-6H3,(H,32,33)/t21-,23+,24?,26-,27+,28-,29+,30+/m1/s1. The van der Waals surface area contributed by atoms with Crippen LogP contribution in [0.2, 0.25) is 0 Å². The predicted molar refractivity (Wildman–Crippen MR) is 135 cm³/mol. The van der Waals surface area contributed by atoms with E-state index in [1.165, 1.54) is 50.5 Å². The summed E-state index contributed by atoms with van der Waals surface area (Å²) in [5.41, 5.74) is 3.26. The molecule has 33 heavy (non-hydrogen) atoms. The lowest BCUT2D eigenvalue weighted by molar-refractivity contribution is -0.146. The van der Waals surface area contributed by atoms with E-state index in [9.17, 15) is 15.0 Å². The van der Waals surface area contributed by atoms with Crippen molar-refractivity contribution < 1.29 is 15.0 Å². The largest absolute Gasteiger partial charge is 0.481 e. The van der Waals surface area contributed by atoms with Crippen LogP contribution >= 0.6 is 0 Å². The highest BCUT2D eigenvalue weighted by molar-refractivity contribution is 5.66. The van der Waals surface area contributed by atoms with Gasteiger partial charge >= 0.3 is 5.97 Å². The van der Waals surface area contributed by atoms with Gasteiger partial charge in [-0.15, -0.1) is 0 Å². The fraction of sp³-hybridized carbons (Fsp3) is 0.833. The highest BCUT2D eigenvalue weighted by atomic mass is 16.4. The molecule has 4 fully saturated rings. The second-order valence-corrected chi connectivity index (χ2v) is 13.1. The van der Waals surface area contributed by atoms with Gasteiger partial charge in [0.15, 0.2) is 0 Å². The normalized spacial score (nSPS) is 44.2. The summed E-state index contributed by atoms with van der Waals surface area (Å²) in [5, 5.41) is 19.9. The fourth-order valence-electron chi connectivity index (χ4n) is 10.6. The van der Waals surface area contributed by atoms with Crippen molar-refractivity contribution in [1.29, 1.82) is 0 Å². The Bertz CT molecular complexity index is 824. The first-order valence-corrected chi connectivity index (χ1v) is 13.6. The molecule has 0 heterocycles. The molecule has 4 saturated carbocycles. The minimum absolute atomic E-state index is 0.0283. The van der Waals surface area contributed by atoms with Gasteiger partial charge in [0.2, 0.25) is 0 Å². The molecular weight excluding hydrogens is 408 g/mol. The van der Waals surface area contributed by atoms with Gasteiger partial charge in [-0.3, -0.25) is 4.79 Å². The maximum atomic E-state index is 11.9. The first kappa shape index (κ1) is 25.0. The summed E-state index contributed by atoms with van der Waals surface area (Å²) >= 11 is 0. The predicted octanol–water partition coefficient (Wildman–Crippen LogP) is 7.40. The van der Waals surface area contributed by atoms with Crippen molar-refractivity contribution in [2.24, 2.45) is 45.3 Å². The summed E-state index contributed by atoms with van der Waals surface area (Å²) in [6, 6.07) is 0. The van der Waals surface area contributed by atoms with Crippen LogP contribution in [0.25, 0.3) is 0 Å². The van der Waals surface area contributed by atoms with Crippen LogP contribution in [0.4, 0.5) is 0 Å². The topological polar surface area (TPSA) is 57.5 Å². The molecule has 0 amide bonds. The van der Waals surface area contributed by atoms with E-state index < -0.39 is 5.97 Å². The highest BCUT2D eigenvalue weighted by Crippen LogP contribution is 2.89. The second-order valence-electron chi connectivity index (χ2n) is 13.1. The van der Waals surface area contributed by atoms with Gasteiger partial charge < -0.3 is 10.2 Å². The molecule has 0 aromatic rings. The molecule has 3 heteroatoms. The average Bonchev–Trinajstić information content (AvgIpc) is 3.18. The third-order valence-electron chi connectivity index (χ3n) is 11.7. The molecule has 8 atom stereocenters. The number of hydrogen-bond acceptors (Lipinski definition) is 2. The Morgan fingerprint density at radius 1 is 1.15 bits per heavy atom. The number of fused-ring (bicyclic) bond motifs is 2. The number of carboxylic acid groups (broad SMARTS) is 1. The van der Waals surface area contributed by atoms with Crippen LogP contribution in [-0.4, -0.2) is 22.8 Å². The third kappa shape index (κ3) is 3.42. The van der Waals surface area contributed by atoms with Crippen LogP contribution in [0.5, 0.6) is 0 Å². The van der Waals surface area contributed by atoms with E-state index in [0.717, 1.165) is 30.8 Å². The SMILES string of the molecule is C=C(CO)[C@@H]1CC[C@@]2(C)CC[C@@]34C(CCC[C@]3(C)[C@H]4[C@H](C)CCC=C(C)C)[C@]12CCC(=O)O. The van der Waals surface area contributed by atoms with Crippen molar-refractivity contribution in [3.05, 3.63) is 23.8 Å². The summed E-state index contributed by atoms with van der Waals surface area (Å²) in [4.78, 5) is 11.9. The minimum Gasteiger partial charge on any atom is -0.481 e. The highest BCUT2D eigenvalue weighted by Gasteiger charge is 2.83. The lowest BCUT2D eigenvalue weighted by Crippen LogP contribution is -2.55. The van der Waals surface area contributed by atoms with Gasteiger partial charge in [-0.25, -0.2) is 0 Å². The summed E-state index contributed by atoms with van der Waals surface area (Å²) in [6.07, 6.45) is 14.4. The summed E-state index contributed by atoms with van der Waals surface area (Å²) < 4.78 is 0. The van der Waals surface area contributed by atoms with Crippen molar-refractivity contribution in [1.82, 2.24) is 0 Å². The molecule has 4 rings (SSSR count). The minimum atomic E-state index is -0.674. The van der Waals surface area contributed by atoms with Gasteiger partial charge in [0.1, 0.15) is 0 Å². The van der Waals surface area contributed by atoms with Crippen LogP contribution in [-0.2, 0) is 4.79 Å². The smallest absolute Gasteiger partial charge is 0.303 e. The summed E-state index contributed by atoms with van der Waals surface area (Å²) in [5.74, 6) is 1.60.